The third-order valence-corrected chi connectivity index (χ3v) is 12.3. The van der Waals surface area contributed by atoms with Crippen LogP contribution in [0.15, 0.2) is 58.2 Å². The molecule has 0 aromatic heterocycles. The molecule has 0 amide bonds. The van der Waals surface area contributed by atoms with Gasteiger partial charge < -0.3 is 14.0 Å². The third-order valence-electron chi connectivity index (χ3n) is 10.3. The predicted molar refractivity (Wildman–Crippen MR) is 250 cm³/mol. The van der Waals surface area contributed by atoms with Crippen LogP contribution >= 0.6 is 7.52 Å². The minimum Gasteiger partial charge on any atom is -0.466 e. The number of carbonyl (C=O) groups is 4. The SMILES string of the molecule is CCCCCCOC(=O)CCC(=O)CCP(=O)(NCC(=O)CCC(=O)OCCCCCC)OCCC/C(C)=C/CC/C(C)=C/CC/C=C(\C)CC/C=C(\C)CCC=C(C)C. The van der Waals surface area contributed by atoms with E-state index in [0.717, 1.165) is 109 Å². The topological polar surface area (TPSA) is 125 Å². The van der Waals surface area contributed by atoms with Crippen LogP contribution in [0.4, 0.5) is 0 Å². The van der Waals surface area contributed by atoms with E-state index in [1.165, 1.54) is 27.9 Å². The summed E-state index contributed by atoms with van der Waals surface area (Å²) in [5.41, 5.74) is 6.93. The maximum atomic E-state index is 13.9. The molecule has 1 atom stereocenters. The van der Waals surface area contributed by atoms with Gasteiger partial charge in [-0.15, -0.1) is 0 Å². The summed E-state index contributed by atoms with van der Waals surface area (Å²) in [6, 6.07) is 0. The van der Waals surface area contributed by atoms with Crippen molar-refractivity contribution in [3.05, 3.63) is 58.2 Å². The number of rotatable bonds is 39. The van der Waals surface area contributed by atoms with E-state index in [2.05, 4.69) is 90.9 Å². The lowest BCUT2D eigenvalue weighted by Crippen LogP contribution is -2.24. The standard InChI is InChI=1S/C50H86NO8P/c1-9-11-13-17-37-57-49(54)34-32-47(52)36-40-60(56,51-41-48(53)33-35-50(55)58-38-18-14-12-10-2)59-39-22-31-46(8)30-21-28-44(6)25-16-15-24-43(5)27-20-29-45(7)26-19-23-42(3)4/h23-25,29-30H,9-22,26-28,31-41H2,1-8H3,(H,51,56)/b43-24+,44-25+,45-29+,46-30+. The van der Waals surface area contributed by atoms with Gasteiger partial charge in [-0.3, -0.25) is 23.7 Å². The molecule has 0 aliphatic heterocycles. The Labute approximate surface area is 366 Å². The first-order valence-electron chi connectivity index (χ1n) is 23.3. The average molecular weight is 860 g/mol. The number of ketones is 2. The maximum absolute atomic E-state index is 13.9. The predicted octanol–water partition coefficient (Wildman–Crippen LogP) is 13.8. The second kappa shape index (κ2) is 37.9. The number of unbranched alkanes of at least 4 members (excludes halogenated alkanes) is 7. The van der Waals surface area contributed by atoms with Gasteiger partial charge in [-0.25, -0.2) is 5.09 Å². The first kappa shape index (κ1) is 57.1. The molecule has 0 aromatic rings. The Morgan fingerprint density at radius 2 is 0.917 bits per heavy atom. The zero-order valence-electron chi connectivity index (χ0n) is 39.4. The maximum Gasteiger partial charge on any atom is 0.306 e. The Balaban J connectivity index is 4.88. The Bertz CT molecular complexity index is 1370. The van der Waals surface area contributed by atoms with E-state index in [-0.39, 0.29) is 63.0 Å². The second-order valence-electron chi connectivity index (χ2n) is 16.7. The van der Waals surface area contributed by atoms with Gasteiger partial charge in [-0.1, -0.05) is 111 Å². The number of Topliss-reactive ketones (excluding diaryl/α,β-unsaturated/α-hetero) is 2. The molecule has 1 unspecified atom stereocenters. The van der Waals surface area contributed by atoms with Gasteiger partial charge >= 0.3 is 11.9 Å². The molecule has 60 heavy (non-hydrogen) atoms. The molecule has 10 heteroatoms. The molecule has 0 saturated heterocycles. The third kappa shape index (κ3) is 36.9. The van der Waals surface area contributed by atoms with Crippen molar-refractivity contribution in [2.24, 2.45) is 0 Å². The minimum absolute atomic E-state index is 0.00183. The summed E-state index contributed by atoms with van der Waals surface area (Å²) >= 11 is 0. The molecule has 0 saturated carbocycles. The summed E-state index contributed by atoms with van der Waals surface area (Å²) in [6.45, 7) is 17.9. The molecule has 0 fully saturated rings. The van der Waals surface area contributed by atoms with E-state index < -0.39 is 19.5 Å². The molecule has 0 aliphatic rings. The number of ether oxygens (including phenoxy) is 2. The molecule has 0 bridgehead atoms. The van der Waals surface area contributed by atoms with E-state index in [1.807, 2.05) is 0 Å². The Kier molecular flexibility index (Phi) is 36.0. The average Bonchev–Trinajstić information content (AvgIpc) is 3.20. The summed E-state index contributed by atoms with van der Waals surface area (Å²) < 4.78 is 30.2. The van der Waals surface area contributed by atoms with Crippen LogP contribution < -0.4 is 5.09 Å². The van der Waals surface area contributed by atoms with Crippen LogP contribution in [0.3, 0.4) is 0 Å². The van der Waals surface area contributed by atoms with Crippen molar-refractivity contribution in [2.75, 3.05) is 32.5 Å². The van der Waals surface area contributed by atoms with Gasteiger partial charge in [-0.2, -0.15) is 0 Å². The Morgan fingerprint density at radius 1 is 0.467 bits per heavy atom. The number of allylic oxidation sites excluding steroid dienone is 10. The summed E-state index contributed by atoms with van der Waals surface area (Å²) in [5.74, 6) is -1.34. The summed E-state index contributed by atoms with van der Waals surface area (Å²) in [4.78, 5) is 49.5. The van der Waals surface area contributed by atoms with E-state index in [0.29, 0.717) is 19.6 Å². The molecule has 0 rings (SSSR count). The zero-order valence-corrected chi connectivity index (χ0v) is 40.3. The largest absolute Gasteiger partial charge is 0.466 e. The highest BCUT2D eigenvalue weighted by Gasteiger charge is 2.25. The quantitative estimate of drug-likeness (QED) is 0.0278. The minimum atomic E-state index is -3.57. The number of hydrogen-bond acceptors (Lipinski definition) is 8. The highest BCUT2D eigenvalue weighted by molar-refractivity contribution is 7.56. The second-order valence-corrected chi connectivity index (χ2v) is 19.1. The Morgan fingerprint density at radius 3 is 1.40 bits per heavy atom. The van der Waals surface area contributed by atoms with Crippen molar-refractivity contribution >= 4 is 31.0 Å². The first-order valence-corrected chi connectivity index (χ1v) is 25.1. The van der Waals surface area contributed by atoms with Crippen LogP contribution in [0.25, 0.3) is 0 Å². The van der Waals surface area contributed by atoms with Crippen LogP contribution in [-0.2, 0) is 37.7 Å². The van der Waals surface area contributed by atoms with Gasteiger partial charge in [0, 0.05) is 25.4 Å². The zero-order chi connectivity index (χ0) is 44.9. The van der Waals surface area contributed by atoms with Gasteiger partial charge in [0.05, 0.1) is 39.2 Å². The number of carbonyl (C=O) groups excluding carboxylic acids is 4. The van der Waals surface area contributed by atoms with Crippen LogP contribution in [0.2, 0.25) is 0 Å². The van der Waals surface area contributed by atoms with E-state index in [1.54, 1.807) is 0 Å². The van der Waals surface area contributed by atoms with Gasteiger partial charge in [0.2, 0.25) is 0 Å². The fourth-order valence-corrected chi connectivity index (χ4v) is 8.02. The van der Waals surface area contributed by atoms with E-state index in [4.69, 9.17) is 14.0 Å². The first-order chi connectivity index (χ1) is 28.7. The lowest BCUT2D eigenvalue weighted by Gasteiger charge is -2.19. The molecular formula is C50H86NO8P. The monoisotopic (exact) mass is 860 g/mol. The highest BCUT2D eigenvalue weighted by atomic mass is 31.2. The summed E-state index contributed by atoms with van der Waals surface area (Å²) in [7, 11) is -3.57. The fraction of sp³-hybridized carbons (Fsp3) is 0.720. The van der Waals surface area contributed by atoms with Gasteiger partial charge in [-0.05, 0) is 119 Å². The molecule has 344 valence electrons. The number of hydrogen-bond donors (Lipinski definition) is 1. The molecule has 9 nitrogen and oxygen atoms in total. The van der Waals surface area contributed by atoms with Crippen molar-refractivity contribution in [2.45, 2.75) is 203 Å². The van der Waals surface area contributed by atoms with Crippen LogP contribution in [0.1, 0.15) is 203 Å². The summed E-state index contributed by atoms with van der Waals surface area (Å²) in [5, 5.41) is 2.79. The van der Waals surface area contributed by atoms with Crippen molar-refractivity contribution in [3.8, 4) is 0 Å². The van der Waals surface area contributed by atoms with Gasteiger partial charge in [0.1, 0.15) is 11.6 Å². The highest BCUT2D eigenvalue weighted by Crippen LogP contribution is 2.43. The summed E-state index contributed by atoms with van der Waals surface area (Å²) in [6.07, 6.45) is 29.3. The number of esters is 2. The normalized spacial score (nSPS) is 13.5. The van der Waals surface area contributed by atoms with Gasteiger partial charge in [0.15, 0.2) is 0 Å². The fourth-order valence-electron chi connectivity index (χ4n) is 6.25. The molecule has 0 aliphatic carbocycles. The molecule has 1 N–H and O–H groups in total. The van der Waals surface area contributed by atoms with Crippen LogP contribution in [0, 0.1) is 0 Å². The Hall–Kier alpha value is -2.87. The van der Waals surface area contributed by atoms with Gasteiger partial charge in [0.25, 0.3) is 7.52 Å². The number of nitrogens with one attached hydrogen (secondary N) is 1. The molecule has 0 spiro atoms. The van der Waals surface area contributed by atoms with E-state index >= 15 is 0 Å². The molecule has 0 heterocycles. The molecular weight excluding hydrogens is 774 g/mol. The van der Waals surface area contributed by atoms with Crippen molar-refractivity contribution in [1.82, 2.24) is 5.09 Å². The van der Waals surface area contributed by atoms with Crippen molar-refractivity contribution < 1.29 is 37.7 Å². The lowest BCUT2D eigenvalue weighted by atomic mass is 10.0. The lowest BCUT2D eigenvalue weighted by molar-refractivity contribution is -0.145. The van der Waals surface area contributed by atoms with Crippen molar-refractivity contribution in [1.29, 1.82) is 0 Å². The van der Waals surface area contributed by atoms with Crippen molar-refractivity contribution in [3.63, 3.8) is 0 Å². The van der Waals surface area contributed by atoms with E-state index in [9.17, 15) is 23.7 Å². The molecule has 0 aromatic carbocycles. The molecule has 0 radical (unpaired) electrons. The van der Waals surface area contributed by atoms with Crippen LogP contribution in [-0.4, -0.2) is 56.0 Å². The van der Waals surface area contributed by atoms with Crippen LogP contribution in [0.5, 0.6) is 0 Å². The smallest absolute Gasteiger partial charge is 0.306 e.